The second kappa shape index (κ2) is 7.27. The number of amides is 3. The first kappa shape index (κ1) is 18.1. The van der Waals surface area contributed by atoms with E-state index in [0.29, 0.717) is 6.54 Å². The molecule has 2 aromatic rings. The average Bonchev–Trinajstić information content (AvgIpc) is 3.06. The van der Waals surface area contributed by atoms with Gasteiger partial charge in [0.2, 0.25) is 0 Å². The summed E-state index contributed by atoms with van der Waals surface area (Å²) in [7, 11) is 1.91. The van der Waals surface area contributed by atoms with E-state index in [2.05, 4.69) is 15.9 Å². The van der Waals surface area contributed by atoms with Crippen molar-refractivity contribution < 1.29 is 9.59 Å². The number of nitrogens with zero attached hydrogens (tertiary/aromatic N) is 3. The molecule has 0 aliphatic carbocycles. The van der Waals surface area contributed by atoms with E-state index in [1.165, 1.54) is 9.78 Å². The number of halogens is 1. The number of benzene rings is 1. The molecule has 0 bridgehead atoms. The van der Waals surface area contributed by atoms with Gasteiger partial charge in [0.15, 0.2) is 0 Å². The van der Waals surface area contributed by atoms with Gasteiger partial charge in [0.1, 0.15) is 6.04 Å². The van der Waals surface area contributed by atoms with Crippen LogP contribution in [0.4, 0.5) is 10.5 Å². The summed E-state index contributed by atoms with van der Waals surface area (Å²) in [5.41, 5.74) is 1.87. The van der Waals surface area contributed by atoms with Crippen molar-refractivity contribution in [1.29, 1.82) is 0 Å². The number of anilines is 1. The van der Waals surface area contributed by atoms with Gasteiger partial charge in [-0.05, 0) is 61.1 Å². The summed E-state index contributed by atoms with van der Waals surface area (Å²) in [4.78, 5) is 31.4. The Labute approximate surface area is 160 Å². The van der Waals surface area contributed by atoms with Crippen LogP contribution in [0, 0.1) is 6.92 Å². The molecule has 1 aromatic heterocycles. The lowest BCUT2D eigenvalue weighted by Gasteiger charge is -2.23. The van der Waals surface area contributed by atoms with Crippen molar-refractivity contribution >= 4 is 44.9 Å². The van der Waals surface area contributed by atoms with E-state index in [1.807, 2.05) is 55.3 Å². The average molecular weight is 422 g/mol. The number of carbonyl (C=O) groups is 2. The van der Waals surface area contributed by atoms with Crippen LogP contribution in [-0.2, 0) is 11.3 Å². The van der Waals surface area contributed by atoms with Gasteiger partial charge in [-0.1, -0.05) is 17.7 Å². The smallest absolute Gasteiger partial charge is 0.283 e. The van der Waals surface area contributed by atoms with Gasteiger partial charge in [0, 0.05) is 17.1 Å². The van der Waals surface area contributed by atoms with Crippen molar-refractivity contribution in [2.24, 2.45) is 0 Å². The first-order chi connectivity index (χ1) is 11.9. The zero-order chi connectivity index (χ0) is 18.1. The molecular weight excluding hydrogens is 402 g/mol. The van der Waals surface area contributed by atoms with Gasteiger partial charge < -0.3 is 0 Å². The largest absolute Gasteiger partial charge is 0.333 e. The van der Waals surface area contributed by atoms with Crippen LogP contribution in [0.5, 0.6) is 0 Å². The predicted octanol–water partition coefficient (Wildman–Crippen LogP) is 4.07. The summed E-state index contributed by atoms with van der Waals surface area (Å²) >= 11 is 5.10. The fourth-order valence-corrected chi connectivity index (χ4v) is 4.45. The molecule has 25 heavy (non-hydrogen) atoms. The molecule has 1 atom stereocenters. The summed E-state index contributed by atoms with van der Waals surface area (Å²) in [5.74, 6) is -0.162. The maximum absolute atomic E-state index is 12.8. The second-order valence-electron chi connectivity index (χ2n) is 6.29. The minimum Gasteiger partial charge on any atom is -0.283 e. The normalized spacial score (nSPS) is 17.9. The molecule has 3 amide bonds. The van der Waals surface area contributed by atoms with Gasteiger partial charge in [-0.25, -0.2) is 9.69 Å². The van der Waals surface area contributed by atoms with Crippen molar-refractivity contribution in [2.45, 2.75) is 26.4 Å². The maximum Gasteiger partial charge on any atom is 0.333 e. The molecule has 7 heteroatoms. The summed E-state index contributed by atoms with van der Waals surface area (Å²) in [6, 6.07) is 11.0. The van der Waals surface area contributed by atoms with Crippen LogP contribution in [0.1, 0.15) is 17.4 Å². The highest BCUT2D eigenvalue weighted by molar-refractivity contribution is 9.11. The quantitative estimate of drug-likeness (QED) is 0.683. The topological polar surface area (TPSA) is 43.9 Å². The fourth-order valence-electron chi connectivity index (χ4n) is 2.89. The van der Waals surface area contributed by atoms with Crippen LogP contribution in [-0.4, -0.2) is 41.5 Å². The Kier molecular flexibility index (Phi) is 5.27. The lowest BCUT2D eigenvalue weighted by Crippen LogP contribution is -2.40. The van der Waals surface area contributed by atoms with E-state index in [-0.39, 0.29) is 18.6 Å². The van der Waals surface area contributed by atoms with Crippen molar-refractivity contribution in [1.82, 2.24) is 9.80 Å². The molecule has 3 rings (SSSR count). The number of carbonyl (C=O) groups excluding carboxylic acids is 2. The Morgan fingerprint density at radius 2 is 1.84 bits per heavy atom. The Morgan fingerprint density at radius 1 is 1.16 bits per heavy atom. The number of aryl methyl sites for hydroxylation is 1. The van der Waals surface area contributed by atoms with Crippen LogP contribution in [0.3, 0.4) is 0 Å². The Hall–Kier alpha value is -1.70. The first-order valence-electron chi connectivity index (χ1n) is 8.01. The lowest BCUT2D eigenvalue weighted by molar-refractivity contribution is -0.128. The van der Waals surface area contributed by atoms with Gasteiger partial charge in [-0.2, -0.15) is 0 Å². The van der Waals surface area contributed by atoms with Gasteiger partial charge >= 0.3 is 6.03 Å². The zero-order valence-corrected chi connectivity index (χ0v) is 16.8. The number of urea groups is 1. The van der Waals surface area contributed by atoms with Crippen molar-refractivity contribution in [3.63, 3.8) is 0 Å². The molecule has 5 nitrogen and oxygen atoms in total. The number of thiophene rings is 1. The van der Waals surface area contributed by atoms with Crippen LogP contribution >= 0.6 is 27.3 Å². The molecule has 132 valence electrons. The summed E-state index contributed by atoms with van der Waals surface area (Å²) in [6.45, 7) is 4.73. The van der Waals surface area contributed by atoms with Crippen LogP contribution in [0.25, 0.3) is 0 Å². The Balaban J connectivity index is 1.72. The SMILES string of the molecule is Cc1ccc(N2C(=O)N(CN(C)Cc3ccc(Br)s3)C(=O)C2C)cc1. The van der Waals surface area contributed by atoms with Gasteiger partial charge in [0.05, 0.1) is 10.5 Å². The molecule has 0 spiro atoms. The molecule has 1 unspecified atom stereocenters. The minimum absolute atomic E-state index is 0.162. The standard InChI is InChI=1S/C18H20BrN3O2S/c1-12-4-6-14(7-5-12)22-13(2)17(23)21(18(22)24)11-20(3)10-15-8-9-16(19)25-15/h4-9,13H,10-11H2,1-3H3. The fraction of sp³-hybridized carbons (Fsp3) is 0.333. The third-order valence-electron chi connectivity index (χ3n) is 4.20. The lowest BCUT2D eigenvalue weighted by atomic mass is 10.2. The molecule has 1 aliphatic heterocycles. The molecular formula is C18H20BrN3O2S. The molecule has 1 saturated heterocycles. The molecule has 1 aromatic carbocycles. The van der Waals surface area contributed by atoms with Gasteiger partial charge in [-0.15, -0.1) is 11.3 Å². The predicted molar refractivity (Wildman–Crippen MR) is 104 cm³/mol. The van der Waals surface area contributed by atoms with Crippen LogP contribution < -0.4 is 4.90 Å². The van der Waals surface area contributed by atoms with E-state index in [9.17, 15) is 9.59 Å². The highest BCUT2D eigenvalue weighted by atomic mass is 79.9. The molecule has 0 radical (unpaired) electrons. The van der Waals surface area contributed by atoms with E-state index >= 15 is 0 Å². The monoisotopic (exact) mass is 421 g/mol. The van der Waals surface area contributed by atoms with Crippen LogP contribution in [0.15, 0.2) is 40.2 Å². The van der Waals surface area contributed by atoms with Gasteiger partial charge in [-0.3, -0.25) is 14.6 Å². The minimum atomic E-state index is -0.487. The maximum atomic E-state index is 12.8. The molecule has 0 N–H and O–H groups in total. The summed E-state index contributed by atoms with van der Waals surface area (Å²) in [6.07, 6.45) is 0. The number of hydrogen-bond acceptors (Lipinski definition) is 4. The van der Waals surface area contributed by atoms with Crippen molar-refractivity contribution in [3.05, 3.63) is 50.6 Å². The molecule has 1 aliphatic rings. The van der Waals surface area contributed by atoms with Crippen molar-refractivity contribution in [2.75, 3.05) is 18.6 Å². The number of rotatable bonds is 5. The Bertz CT molecular complexity index is 790. The molecule has 1 fully saturated rings. The van der Waals surface area contributed by atoms with E-state index < -0.39 is 6.04 Å². The molecule has 0 saturated carbocycles. The van der Waals surface area contributed by atoms with Gasteiger partial charge in [0.25, 0.3) is 5.91 Å². The Morgan fingerprint density at radius 3 is 2.44 bits per heavy atom. The van der Waals surface area contributed by atoms with E-state index in [0.717, 1.165) is 15.0 Å². The summed E-state index contributed by atoms with van der Waals surface area (Å²) in [5, 5.41) is 0. The second-order valence-corrected chi connectivity index (χ2v) is 8.84. The highest BCUT2D eigenvalue weighted by Crippen LogP contribution is 2.27. The third kappa shape index (κ3) is 3.78. The van der Waals surface area contributed by atoms with E-state index in [1.54, 1.807) is 23.2 Å². The van der Waals surface area contributed by atoms with Crippen LogP contribution in [0.2, 0.25) is 0 Å². The molecule has 2 heterocycles. The summed E-state index contributed by atoms with van der Waals surface area (Å²) < 4.78 is 1.07. The van der Waals surface area contributed by atoms with Crippen molar-refractivity contribution in [3.8, 4) is 0 Å². The third-order valence-corrected chi connectivity index (χ3v) is 5.81. The highest BCUT2D eigenvalue weighted by Gasteiger charge is 2.43. The number of hydrogen-bond donors (Lipinski definition) is 0. The number of imide groups is 1. The zero-order valence-electron chi connectivity index (χ0n) is 14.4. The first-order valence-corrected chi connectivity index (χ1v) is 9.62. The van der Waals surface area contributed by atoms with E-state index in [4.69, 9.17) is 0 Å².